The van der Waals surface area contributed by atoms with Gasteiger partial charge in [0.25, 0.3) is 0 Å². The first-order chi connectivity index (χ1) is 8.97. The Bertz CT molecular complexity index is 431. The number of nitrogens with zero attached hydrogens (tertiary/aromatic N) is 2. The van der Waals surface area contributed by atoms with Crippen LogP contribution in [-0.4, -0.2) is 44.2 Å². The summed E-state index contributed by atoms with van der Waals surface area (Å²) >= 11 is 6.30. The van der Waals surface area contributed by atoms with Crippen molar-refractivity contribution in [3.63, 3.8) is 0 Å². The average molecular weight is 282 g/mol. The van der Waals surface area contributed by atoms with E-state index in [1.165, 1.54) is 13.0 Å². The molecule has 1 aliphatic rings. The molecule has 1 N–H and O–H groups in total. The van der Waals surface area contributed by atoms with Crippen LogP contribution in [-0.2, 0) is 0 Å². The summed E-state index contributed by atoms with van der Waals surface area (Å²) < 4.78 is 0. The molecule has 0 aliphatic carbocycles. The van der Waals surface area contributed by atoms with E-state index in [0.29, 0.717) is 12.1 Å². The summed E-state index contributed by atoms with van der Waals surface area (Å²) in [6.45, 7) is 6.81. The Morgan fingerprint density at radius 2 is 2.11 bits per heavy atom. The van der Waals surface area contributed by atoms with Crippen LogP contribution in [0.15, 0.2) is 18.2 Å². The molecule has 2 rings (SSSR count). The van der Waals surface area contributed by atoms with Crippen LogP contribution < -0.4 is 10.2 Å². The Morgan fingerprint density at radius 1 is 1.37 bits per heavy atom. The predicted molar refractivity (Wildman–Crippen MR) is 84.5 cm³/mol. The van der Waals surface area contributed by atoms with Crippen LogP contribution in [0, 0.1) is 0 Å². The number of hydrogen-bond acceptors (Lipinski definition) is 3. The van der Waals surface area contributed by atoms with Crippen LogP contribution in [0.3, 0.4) is 0 Å². The molecule has 1 fully saturated rings. The van der Waals surface area contributed by atoms with Crippen molar-refractivity contribution in [2.75, 3.05) is 37.4 Å². The molecule has 3 nitrogen and oxygen atoms in total. The van der Waals surface area contributed by atoms with Crippen molar-refractivity contribution in [3.05, 3.63) is 23.2 Å². The van der Waals surface area contributed by atoms with Gasteiger partial charge in [0.2, 0.25) is 0 Å². The molecule has 1 atom stereocenters. The zero-order chi connectivity index (χ0) is 14.0. The summed E-state index contributed by atoms with van der Waals surface area (Å²) in [7, 11) is 4.01. The third kappa shape index (κ3) is 3.54. The van der Waals surface area contributed by atoms with Crippen molar-refractivity contribution in [2.45, 2.75) is 32.4 Å². The molecule has 1 heterocycles. The second-order valence-electron chi connectivity index (χ2n) is 5.78. The summed E-state index contributed by atoms with van der Waals surface area (Å²) in [6.07, 6.45) is 1.20. The molecule has 0 saturated carbocycles. The minimum absolute atomic E-state index is 0.531. The van der Waals surface area contributed by atoms with E-state index in [1.807, 2.05) is 25.1 Å². The zero-order valence-electron chi connectivity index (χ0n) is 12.3. The van der Waals surface area contributed by atoms with E-state index < -0.39 is 0 Å². The van der Waals surface area contributed by atoms with Crippen molar-refractivity contribution in [3.8, 4) is 0 Å². The first-order valence-electron chi connectivity index (χ1n) is 6.95. The minimum atomic E-state index is 0.531. The number of anilines is 2. The molecule has 0 bridgehead atoms. The summed E-state index contributed by atoms with van der Waals surface area (Å²) in [6, 6.07) is 7.36. The molecule has 1 aromatic rings. The maximum Gasteiger partial charge on any atom is 0.0659 e. The Labute approximate surface area is 121 Å². The highest BCUT2D eigenvalue weighted by molar-refractivity contribution is 6.33. The number of rotatable bonds is 4. The molecule has 1 saturated heterocycles. The van der Waals surface area contributed by atoms with E-state index in [-0.39, 0.29) is 0 Å². The lowest BCUT2D eigenvalue weighted by molar-refractivity contribution is 0.274. The third-order valence-electron chi connectivity index (χ3n) is 3.75. The van der Waals surface area contributed by atoms with E-state index in [0.717, 1.165) is 22.9 Å². The van der Waals surface area contributed by atoms with Crippen molar-refractivity contribution >= 4 is 23.0 Å². The van der Waals surface area contributed by atoms with Gasteiger partial charge in [-0.15, -0.1) is 0 Å². The highest BCUT2D eigenvalue weighted by atomic mass is 35.5. The van der Waals surface area contributed by atoms with Gasteiger partial charge in [-0.1, -0.05) is 11.6 Å². The summed E-state index contributed by atoms with van der Waals surface area (Å²) in [4.78, 5) is 4.54. The van der Waals surface area contributed by atoms with E-state index in [2.05, 4.69) is 36.2 Å². The molecule has 0 amide bonds. The molecule has 1 unspecified atom stereocenters. The Kier molecular flexibility index (Phi) is 4.58. The van der Waals surface area contributed by atoms with Gasteiger partial charge in [0.15, 0.2) is 0 Å². The van der Waals surface area contributed by atoms with Crippen LogP contribution in [0.25, 0.3) is 0 Å². The van der Waals surface area contributed by atoms with Crippen molar-refractivity contribution in [1.82, 2.24) is 4.90 Å². The van der Waals surface area contributed by atoms with Crippen molar-refractivity contribution in [2.24, 2.45) is 0 Å². The van der Waals surface area contributed by atoms with Crippen LogP contribution in [0.5, 0.6) is 0 Å². The molecule has 1 aliphatic heterocycles. The van der Waals surface area contributed by atoms with Crippen molar-refractivity contribution < 1.29 is 0 Å². The fourth-order valence-electron chi connectivity index (χ4n) is 2.57. The molecule has 19 heavy (non-hydrogen) atoms. The van der Waals surface area contributed by atoms with Gasteiger partial charge in [0, 0.05) is 45.0 Å². The van der Waals surface area contributed by atoms with Gasteiger partial charge in [-0.25, -0.2) is 0 Å². The first-order valence-corrected chi connectivity index (χ1v) is 7.32. The van der Waals surface area contributed by atoms with E-state index in [9.17, 15) is 0 Å². The second-order valence-corrected chi connectivity index (χ2v) is 6.19. The molecular formula is C15H24ClN3. The lowest BCUT2D eigenvalue weighted by Crippen LogP contribution is -2.31. The molecule has 0 aromatic heterocycles. The second kappa shape index (κ2) is 6.02. The van der Waals surface area contributed by atoms with Gasteiger partial charge in [-0.05, 0) is 38.5 Å². The van der Waals surface area contributed by atoms with Gasteiger partial charge >= 0.3 is 0 Å². The predicted octanol–water partition coefficient (Wildman–Crippen LogP) is 3.30. The Hall–Kier alpha value is -0.930. The summed E-state index contributed by atoms with van der Waals surface area (Å²) in [5.74, 6) is 0. The molecule has 0 spiro atoms. The molecule has 1 aromatic carbocycles. The minimum Gasteiger partial charge on any atom is -0.381 e. The molecule has 0 radical (unpaired) electrons. The van der Waals surface area contributed by atoms with Gasteiger partial charge in [-0.3, -0.25) is 4.90 Å². The van der Waals surface area contributed by atoms with Gasteiger partial charge in [-0.2, -0.15) is 0 Å². The number of nitrogens with one attached hydrogen (secondary N) is 1. The third-order valence-corrected chi connectivity index (χ3v) is 4.05. The molecule has 4 heteroatoms. The topological polar surface area (TPSA) is 18.5 Å². The lowest BCUT2D eigenvalue weighted by atomic mass is 10.2. The quantitative estimate of drug-likeness (QED) is 0.914. The van der Waals surface area contributed by atoms with E-state index in [4.69, 9.17) is 11.6 Å². The lowest BCUT2D eigenvalue weighted by Gasteiger charge is -2.21. The molecular weight excluding hydrogens is 258 g/mol. The smallest absolute Gasteiger partial charge is 0.0659 e. The largest absolute Gasteiger partial charge is 0.381 e. The SMILES string of the molecule is CC(C)N1CCC(Nc2ccc(N(C)C)c(Cl)c2)C1. The van der Waals surface area contributed by atoms with Gasteiger partial charge < -0.3 is 10.2 Å². The highest BCUT2D eigenvalue weighted by Gasteiger charge is 2.23. The van der Waals surface area contributed by atoms with Gasteiger partial charge in [0.1, 0.15) is 0 Å². The highest BCUT2D eigenvalue weighted by Crippen LogP contribution is 2.28. The van der Waals surface area contributed by atoms with Crippen LogP contribution in [0.2, 0.25) is 5.02 Å². The van der Waals surface area contributed by atoms with E-state index >= 15 is 0 Å². The van der Waals surface area contributed by atoms with Crippen LogP contribution >= 0.6 is 11.6 Å². The summed E-state index contributed by atoms with van der Waals surface area (Å²) in [5.41, 5.74) is 2.17. The normalized spacial score (nSPS) is 20.0. The standard InChI is InChI=1S/C15H24ClN3/c1-11(2)19-8-7-13(10-19)17-12-5-6-15(18(3)4)14(16)9-12/h5-6,9,11,13,17H,7-8,10H2,1-4H3. The van der Waals surface area contributed by atoms with Gasteiger partial charge in [0.05, 0.1) is 10.7 Å². The van der Waals surface area contributed by atoms with E-state index in [1.54, 1.807) is 0 Å². The Morgan fingerprint density at radius 3 is 2.63 bits per heavy atom. The zero-order valence-corrected chi connectivity index (χ0v) is 13.0. The Balaban J connectivity index is 1.99. The maximum absolute atomic E-state index is 6.30. The first kappa shape index (κ1) is 14.5. The fourth-order valence-corrected chi connectivity index (χ4v) is 2.92. The number of hydrogen-bond donors (Lipinski definition) is 1. The monoisotopic (exact) mass is 281 g/mol. The number of halogens is 1. The fraction of sp³-hybridized carbons (Fsp3) is 0.600. The van der Waals surface area contributed by atoms with Crippen LogP contribution in [0.1, 0.15) is 20.3 Å². The van der Waals surface area contributed by atoms with Crippen LogP contribution in [0.4, 0.5) is 11.4 Å². The molecule has 106 valence electrons. The average Bonchev–Trinajstić information content (AvgIpc) is 2.77. The number of benzene rings is 1. The summed E-state index contributed by atoms with van der Waals surface area (Å²) in [5, 5.41) is 4.39. The van der Waals surface area contributed by atoms with Crippen molar-refractivity contribution in [1.29, 1.82) is 0 Å². The maximum atomic E-state index is 6.30. The number of likely N-dealkylation sites (tertiary alicyclic amines) is 1.